The number of hydrogen-bond acceptors (Lipinski definition) is 1. The minimum absolute atomic E-state index is 0.879. The second kappa shape index (κ2) is 16.8. The van der Waals surface area contributed by atoms with Gasteiger partial charge in [0.2, 0.25) is 0 Å². The van der Waals surface area contributed by atoms with Gasteiger partial charge in [-0.1, -0.05) is 84.5 Å². The summed E-state index contributed by atoms with van der Waals surface area (Å²) in [6.45, 7) is 7.62. The molecule has 0 spiro atoms. The molecule has 140 valence electrons. The molecule has 0 unspecified atom stereocenters. The van der Waals surface area contributed by atoms with Gasteiger partial charge in [-0.3, -0.25) is 0 Å². The number of ether oxygens (including phenoxy) is 1. The summed E-state index contributed by atoms with van der Waals surface area (Å²) >= 11 is 0. The Hall–Kier alpha value is -0.0800. The molecule has 0 atom stereocenters. The molecule has 0 aromatic rings. The lowest BCUT2D eigenvalue weighted by Gasteiger charge is -2.29. The predicted molar refractivity (Wildman–Crippen MR) is 104 cm³/mol. The molecule has 0 aromatic carbocycles. The number of unbranched alkanes of at least 4 members (excludes halogenated alkanes) is 12. The molecule has 0 rings (SSSR count). The summed E-state index contributed by atoms with van der Waals surface area (Å²) < 4.78 is 6.88. The lowest BCUT2D eigenvalue weighted by molar-refractivity contribution is -0.909. The first-order valence-corrected chi connectivity index (χ1v) is 10.5. The third-order valence-electron chi connectivity index (χ3n) is 4.70. The molecule has 23 heavy (non-hydrogen) atoms. The summed E-state index contributed by atoms with van der Waals surface area (Å²) in [5.41, 5.74) is 0. The third kappa shape index (κ3) is 18.1. The predicted octanol–water partition coefficient (Wildman–Crippen LogP) is 6.54. The van der Waals surface area contributed by atoms with Crippen molar-refractivity contribution in [3.8, 4) is 0 Å². The molecule has 0 amide bonds. The van der Waals surface area contributed by atoms with Crippen molar-refractivity contribution in [2.75, 3.05) is 34.0 Å². The van der Waals surface area contributed by atoms with Crippen molar-refractivity contribution in [3.63, 3.8) is 0 Å². The van der Waals surface area contributed by atoms with E-state index in [2.05, 4.69) is 27.9 Å². The molecule has 0 saturated heterocycles. The van der Waals surface area contributed by atoms with E-state index in [1.165, 1.54) is 96.4 Å². The van der Waals surface area contributed by atoms with Gasteiger partial charge in [-0.25, -0.2) is 0 Å². The van der Waals surface area contributed by atoms with Crippen LogP contribution in [0, 0.1) is 0 Å². The topological polar surface area (TPSA) is 9.23 Å². The molecule has 0 aromatic heterocycles. The molecule has 0 fully saturated rings. The lowest BCUT2D eigenvalue weighted by Crippen LogP contribution is -2.42. The number of quaternary nitrogens is 1. The first-order valence-electron chi connectivity index (χ1n) is 10.5. The molecule has 2 heteroatoms. The second-order valence-corrected chi connectivity index (χ2v) is 7.94. The van der Waals surface area contributed by atoms with E-state index in [0.717, 1.165) is 17.8 Å². The molecule has 0 aliphatic rings. The molecule has 0 aliphatic heterocycles. The van der Waals surface area contributed by atoms with Crippen LogP contribution in [0.1, 0.15) is 104 Å². The summed E-state index contributed by atoms with van der Waals surface area (Å²) in [6.07, 6.45) is 19.4. The van der Waals surface area contributed by atoms with E-state index in [4.69, 9.17) is 4.74 Å². The average Bonchev–Trinajstić information content (AvgIpc) is 2.52. The van der Waals surface area contributed by atoms with Crippen LogP contribution in [-0.2, 0) is 4.74 Å². The Labute approximate surface area is 147 Å². The maximum Gasteiger partial charge on any atom is 0.182 e. The SMILES string of the molecule is CCCCCCCCCCCC[N+](C)(C)COCCCCCC. The Bertz CT molecular complexity index is 228. The van der Waals surface area contributed by atoms with Gasteiger partial charge in [0.05, 0.1) is 27.2 Å². The maximum absolute atomic E-state index is 5.86. The Kier molecular flexibility index (Phi) is 16.7. The van der Waals surface area contributed by atoms with Crippen LogP contribution in [0.5, 0.6) is 0 Å². The van der Waals surface area contributed by atoms with E-state index in [1.807, 2.05) is 0 Å². The van der Waals surface area contributed by atoms with Gasteiger partial charge in [0, 0.05) is 0 Å². The van der Waals surface area contributed by atoms with Crippen molar-refractivity contribution in [1.29, 1.82) is 0 Å². The van der Waals surface area contributed by atoms with Gasteiger partial charge in [-0.05, 0) is 19.3 Å². The highest BCUT2D eigenvalue weighted by Crippen LogP contribution is 2.11. The van der Waals surface area contributed by atoms with Gasteiger partial charge in [0.25, 0.3) is 0 Å². The van der Waals surface area contributed by atoms with Gasteiger partial charge in [-0.2, -0.15) is 0 Å². The molecule has 0 radical (unpaired) electrons. The van der Waals surface area contributed by atoms with Crippen molar-refractivity contribution in [3.05, 3.63) is 0 Å². The molecule has 0 N–H and O–H groups in total. The fraction of sp³-hybridized carbons (Fsp3) is 1.00. The van der Waals surface area contributed by atoms with Crippen LogP contribution in [0.4, 0.5) is 0 Å². The smallest absolute Gasteiger partial charge is 0.182 e. The Morgan fingerprint density at radius 1 is 0.565 bits per heavy atom. The van der Waals surface area contributed by atoms with Crippen molar-refractivity contribution >= 4 is 0 Å². The summed E-state index contributed by atoms with van der Waals surface area (Å²) in [5, 5.41) is 0. The van der Waals surface area contributed by atoms with Gasteiger partial charge in [-0.15, -0.1) is 0 Å². The highest BCUT2D eigenvalue weighted by molar-refractivity contribution is 4.47. The highest BCUT2D eigenvalue weighted by Gasteiger charge is 2.13. The fourth-order valence-electron chi connectivity index (χ4n) is 3.03. The normalized spacial score (nSPS) is 12.0. The largest absolute Gasteiger partial charge is 0.332 e. The second-order valence-electron chi connectivity index (χ2n) is 7.94. The number of rotatable bonds is 18. The van der Waals surface area contributed by atoms with Crippen molar-refractivity contribution in [2.45, 2.75) is 104 Å². The van der Waals surface area contributed by atoms with Gasteiger partial charge < -0.3 is 9.22 Å². The van der Waals surface area contributed by atoms with Gasteiger partial charge >= 0.3 is 0 Å². The molecule has 2 nitrogen and oxygen atoms in total. The Morgan fingerprint density at radius 2 is 1.00 bits per heavy atom. The standard InChI is InChI=1S/C21H46NO/c1-5-7-9-11-12-13-14-15-16-17-19-22(3,4)21-23-20-18-10-8-6-2/h5-21H2,1-4H3/q+1. The van der Waals surface area contributed by atoms with Crippen molar-refractivity contribution < 1.29 is 9.22 Å². The Morgan fingerprint density at radius 3 is 1.52 bits per heavy atom. The lowest BCUT2D eigenvalue weighted by atomic mass is 10.1. The molecule has 0 aliphatic carbocycles. The van der Waals surface area contributed by atoms with Crippen LogP contribution in [0.15, 0.2) is 0 Å². The van der Waals surface area contributed by atoms with E-state index in [-0.39, 0.29) is 0 Å². The highest BCUT2D eigenvalue weighted by atomic mass is 16.5. The van der Waals surface area contributed by atoms with Gasteiger partial charge in [0.1, 0.15) is 0 Å². The van der Waals surface area contributed by atoms with Crippen LogP contribution < -0.4 is 0 Å². The molecular formula is C21H46NO+. The fourth-order valence-corrected chi connectivity index (χ4v) is 3.03. The van der Waals surface area contributed by atoms with E-state index in [1.54, 1.807) is 0 Å². The number of nitrogens with zero attached hydrogens (tertiary/aromatic N) is 1. The molecule has 0 heterocycles. The minimum atomic E-state index is 0.879. The van der Waals surface area contributed by atoms with Crippen molar-refractivity contribution in [2.24, 2.45) is 0 Å². The van der Waals surface area contributed by atoms with E-state index in [0.29, 0.717) is 0 Å². The zero-order chi connectivity index (χ0) is 17.2. The van der Waals surface area contributed by atoms with E-state index in [9.17, 15) is 0 Å². The van der Waals surface area contributed by atoms with Gasteiger partial charge in [0.15, 0.2) is 6.73 Å². The zero-order valence-electron chi connectivity index (χ0n) is 16.9. The molecule has 0 saturated carbocycles. The summed E-state index contributed by atoms with van der Waals surface area (Å²) in [5.74, 6) is 0. The van der Waals surface area contributed by atoms with Crippen LogP contribution in [0.3, 0.4) is 0 Å². The van der Waals surface area contributed by atoms with E-state index < -0.39 is 0 Å². The molecular weight excluding hydrogens is 282 g/mol. The van der Waals surface area contributed by atoms with Crippen LogP contribution >= 0.6 is 0 Å². The quantitative estimate of drug-likeness (QED) is 0.158. The Balaban J connectivity index is 3.31. The van der Waals surface area contributed by atoms with Crippen molar-refractivity contribution in [1.82, 2.24) is 0 Å². The molecule has 0 bridgehead atoms. The van der Waals surface area contributed by atoms with Crippen LogP contribution in [-0.4, -0.2) is 38.5 Å². The number of hydrogen-bond donors (Lipinski definition) is 0. The first kappa shape index (κ1) is 22.9. The van der Waals surface area contributed by atoms with Crippen LogP contribution in [0.25, 0.3) is 0 Å². The maximum atomic E-state index is 5.86. The van der Waals surface area contributed by atoms with E-state index >= 15 is 0 Å². The monoisotopic (exact) mass is 328 g/mol. The minimum Gasteiger partial charge on any atom is -0.332 e. The van der Waals surface area contributed by atoms with Crippen LogP contribution in [0.2, 0.25) is 0 Å². The third-order valence-corrected chi connectivity index (χ3v) is 4.70. The average molecular weight is 329 g/mol. The summed E-state index contributed by atoms with van der Waals surface area (Å²) in [4.78, 5) is 0. The first-order chi connectivity index (χ1) is 11.1. The summed E-state index contributed by atoms with van der Waals surface area (Å²) in [6, 6.07) is 0. The summed E-state index contributed by atoms with van der Waals surface area (Å²) in [7, 11) is 4.61. The zero-order valence-corrected chi connectivity index (χ0v) is 16.9.